The third-order valence-corrected chi connectivity index (χ3v) is 6.74. The standard InChI is InChI=1S/C23H21BrClN3O3S/c24-16-3-6-18(7-4-16)31-15-22(29)26-17-5-8-20(19(25)14-17)27-9-11-28(12-10-27)23(30)21-2-1-13-32-21/h1-8,13-14H,9-12,15H2,(H,26,29). The first-order valence-electron chi connectivity index (χ1n) is 10.0. The summed E-state index contributed by atoms with van der Waals surface area (Å²) < 4.78 is 6.44. The number of hydrogen-bond acceptors (Lipinski definition) is 5. The zero-order valence-corrected chi connectivity index (χ0v) is 20.3. The molecule has 0 saturated carbocycles. The number of nitrogens with one attached hydrogen (secondary N) is 1. The minimum absolute atomic E-state index is 0.0779. The molecule has 0 bridgehead atoms. The number of anilines is 2. The number of ether oxygens (including phenoxy) is 1. The number of benzene rings is 2. The Kier molecular flexibility index (Phi) is 7.34. The van der Waals surface area contributed by atoms with Gasteiger partial charge in [-0.05, 0) is 53.9 Å². The Balaban J connectivity index is 1.30. The Morgan fingerprint density at radius 2 is 1.81 bits per heavy atom. The Hall–Kier alpha value is -2.55. The highest BCUT2D eigenvalue weighted by molar-refractivity contribution is 9.10. The van der Waals surface area contributed by atoms with Crippen LogP contribution in [0.5, 0.6) is 5.75 Å². The maximum absolute atomic E-state index is 12.5. The van der Waals surface area contributed by atoms with E-state index in [1.165, 1.54) is 11.3 Å². The molecule has 2 aromatic carbocycles. The summed E-state index contributed by atoms with van der Waals surface area (Å²) in [5, 5.41) is 5.27. The molecule has 1 fully saturated rings. The van der Waals surface area contributed by atoms with Gasteiger partial charge in [-0.25, -0.2) is 0 Å². The molecule has 1 saturated heterocycles. The van der Waals surface area contributed by atoms with Crippen molar-refractivity contribution in [2.45, 2.75) is 0 Å². The first-order valence-corrected chi connectivity index (χ1v) is 12.1. The van der Waals surface area contributed by atoms with Gasteiger partial charge in [-0.3, -0.25) is 9.59 Å². The summed E-state index contributed by atoms with van der Waals surface area (Å²) in [6.07, 6.45) is 0. The van der Waals surface area contributed by atoms with E-state index < -0.39 is 0 Å². The van der Waals surface area contributed by atoms with Crippen LogP contribution in [0.4, 0.5) is 11.4 Å². The van der Waals surface area contributed by atoms with Crippen LogP contribution >= 0.6 is 38.9 Å². The van der Waals surface area contributed by atoms with Gasteiger partial charge in [0.1, 0.15) is 5.75 Å². The molecule has 6 nitrogen and oxygen atoms in total. The van der Waals surface area contributed by atoms with Crippen molar-refractivity contribution < 1.29 is 14.3 Å². The summed E-state index contributed by atoms with van der Waals surface area (Å²) >= 11 is 11.3. The molecule has 0 atom stereocenters. The fourth-order valence-electron chi connectivity index (χ4n) is 3.42. The highest BCUT2D eigenvalue weighted by Crippen LogP contribution is 2.30. The van der Waals surface area contributed by atoms with Gasteiger partial charge in [0, 0.05) is 36.3 Å². The Bertz CT molecular complexity index is 1080. The van der Waals surface area contributed by atoms with Gasteiger partial charge < -0.3 is 19.9 Å². The smallest absolute Gasteiger partial charge is 0.264 e. The van der Waals surface area contributed by atoms with E-state index in [9.17, 15) is 9.59 Å². The van der Waals surface area contributed by atoms with Gasteiger partial charge in [0.25, 0.3) is 11.8 Å². The average molecular weight is 535 g/mol. The van der Waals surface area contributed by atoms with Crippen molar-refractivity contribution in [1.29, 1.82) is 0 Å². The van der Waals surface area contributed by atoms with Crippen LogP contribution in [0.25, 0.3) is 0 Å². The Morgan fingerprint density at radius 1 is 1.06 bits per heavy atom. The number of carbonyl (C=O) groups is 2. The number of amides is 2. The lowest BCUT2D eigenvalue weighted by molar-refractivity contribution is -0.118. The summed E-state index contributed by atoms with van der Waals surface area (Å²) in [6, 6.07) is 16.5. The van der Waals surface area contributed by atoms with Crippen LogP contribution in [0.3, 0.4) is 0 Å². The molecule has 32 heavy (non-hydrogen) atoms. The lowest BCUT2D eigenvalue weighted by atomic mass is 10.2. The molecule has 0 radical (unpaired) electrons. The van der Waals surface area contributed by atoms with Crippen LogP contribution in [-0.4, -0.2) is 49.5 Å². The lowest BCUT2D eigenvalue weighted by Crippen LogP contribution is -2.48. The monoisotopic (exact) mass is 533 g/mol. The number of nitrogens with zero attached hydrogens (tertiary/aromatic N) is 2. The maximum Gasteiger partial charge on any atom is 0.264 e. The first kappa shape index (κ1) is 22.6. The van der Waals surface area contributed by atoms with Crippen molar-refractivity contribution in [2.75, 3.05) is 43.0 Å². The first-order chi connectivity index (χ1) is 15.5. The second-order valence-electron chi connectivity index (χ2n) is 7.21. The van der Waals surface area contributed by atoms with Crippen LogP contribution in [-0.2, 0) is 4.79 Å². The van der Waals surface area contributed by atoms with E-state index in [0.717, 1.165) is 15.0 Å². The molecular weight excluding hydrogens is 514 g/mol. The minimum Gasteiger partial charge on any atom is -0.484 e. The Labute approximate surface area is 203 Å². The van der Waals surface area contributed by atoms with Crippen molar-refractivity contribution in [3.8, 4) is 5.75 Å². The van der Waals surface area contributed by atoms with Gasteiger partial charge in [-0.15, -0.1) is 11.3 Å². The quantitative estimate of drug-likeness (QED) is 0.475. The molecule has 1 N–H and O–H groups in total. The molecule has 166 valence electrons. The number of thiophene rings is 1. The zero-order valence-electron chi connectivity index (χ0n) is 17.1. The summed E-state index contributed by atoms with van der Waals surface area (Å²) in [5.74, 6) is 0.431. The molecule has 9 heteroatoms. The second kappa shape index (κ2) is 10.4. The molecule has 2 amide bonds. The van der Waals surface area contributed by atoms with E-state index in [4.69, 9.17) is 16.3 Å². The van der Waals surface area contributed by atoms with Crippen LogP contribution in [0, 0.1) is 0 Å². The third-order valence-electron chi connectivity index (χ3n) is 5.05. The summed E-state index contributed by atoms with van der Waals surface area (Å²) in [5.41, 5.74) is 1.49. The van der Waals surface area contributed by atoms with E-state index in [2.05, 4.69) is 26.1 Å². The van der Waals surface area contributed by atoms with E-state index in [0.29, 0.717) is 42.6 Å². The summed E-state index contributed by atoms with van der Waals surface area (Å²) in [7, 11) is 0. The third kappa shape index (κ3) is 5.62. The fourth-order valence-corrected chi connectivity index (χ4v) is 4.68. The molecule has 4 rings (SSSR count). The lowest BCUT2D eigenvalue weighted by Gasteiger charge is -2.36. The van der Waals surface area contributed by atoms with E-state index in [1.807, 2.05) is 46.7 Å². The SMILES string of the molecule is O=C(COc1ccc(Br)cc1)Nc1ccc(N2CCN(C(=O)c3cccs3)CC2)c(Cl)c1. The highest BCUT2D eigenvalue weighted by atomic mass is 79.9. The van der Waals surface area contributed by atoms with Crippen LogP contribution in [0.1, 0.15) is 9.67 Å². The van der Waals surface area contributed by atoms with Gasteiger partial charge in [0.15, 0.2) is 6.61 Å². The number of halogens is 2. The fraction of sp³-hybridized carbons (Fsp3) is 0.217. The van der Waals surface area contributed by atoms with E-state index in [1.54, 1.807) is 18.2 Å². The predicted molar refractivity (Wildman–Crippen MR) is 132 cm³/mol. The van der Waals surface area contributed by atoms with Crippen molar-refractivity contribution >= 4 is 62.1 Å². The summed E-state index contributed by atoms with van der Waals surface area (Å²) in [6.45, 7) is 2.58. The molecule has 0 spiro atoms. The minimum atomic E-state index is -0.266. The highest BCUT2D eigenvalue weighted by Gasteiger charge is 2.24. The number of piperazine rings is 1. The van der Waals surface area contributed by atoms with Crippen molar-refractivity contribution in [1.82, 2.24) is 4.90 Å². The number of carbonyl (C=O) groups excluding carboxylic acids is 2. The summed E-state index contributed by atoms with van der Waals surface area (Å²) in [4.78, 5) is 29.5. The van der Waals surface area contributed by atoms with Crippen molar-refractivity contribution in [3.05, 3.63) is 74.3 Å². The van der Waals surface area contributed by atoms with Crippen LogP contribution in [0.2, 0.25) is 5.02 Å². The number of hydrogen-bond donors (Lipinski definition) is 1. The normalized spacial score (nSPS) is 13.7. The van der Waals surface area contributed by atoms with Gasteiger partial charge >= 0.3 is 0 Å². The predicted octanol–water partition coefficient (Wildman–Crippen LogP) is 5.14. The van der Waals surface area contributed by atoms with E-state index >= 15 is 0 Å². The van der Waals surface area contributed by atoms with Gasteiger partial charge in [0.2, 0.25) is 0 Å². The molecule has 0 aliphatic carbocycles. The molecule has 2 heterocycles. The molecular formula is C23H21BrClN3O3S. The van der Waals surface area contributed by atoms with Gasteiger partial charge in [0.05, 0.1) is 15.6 Å². The van der Waals surface area contributed by atoms with Crippen LogP contribution < -0.4 is 15.0 Å². The number of rotatable bonds is 6. The van der Waals surface area contributed by atoms with Crippen molar-refractivity contribution in [2.24, 2.45) is 0 Å². The van der Waals surface area contributed by atoms with E-state index in [-0.39, 0.29) is 18.4 Å². The molecule has 1 aliphatic rings. The molecule has 0 unspecified atom stereocenters. The van der Waals surface area contributed by atoms with Crippen molar-refractivity contribution in [3.63, 3.8) is 0 Å². The maximum atomic E-state index is 12.5. The molecule has 3 aromatic rings. The zero-order chi connectivity index (χ0) is 22.5. The average Bonchev–Trinajstić information content (AvgIpc) is 3.34. The largest absolute Gasteiger partial charge is 0.484 e. The van der Waals surface area contributed by atoms with Crippen LogP contribution in [0.15, 0.2) is 64.5 Å². The Morgan fingerprint density at radius 3 is 2.47 bits per heavy atom. The topological polar surface area (TPSA) is 61.9 Å². The molecule has 1 aliphatic heterocycles. The second-order valence-corrected chi connectivity index (χ2v) is 9.48. The van der Waals surface area contributed by atoms with Gasteiger partial charge in [-0.2, -0.15) is 0 Å². The molecule has 1 aromatic heterocycles. The van der Waals surface area contributed by atoms with Gasteiger partial charge in [-0.1, -0.05) is 33.6 Å².